The van der Waals surface area contributed by atoms with Gasteiger partial charge in [0.15, 0.2) is 11.0 Å². The minimum Gasteiger partial charge on any atom is -0.464 e. The first kappa shape index (κ1) is 22.3. The number of thiophene rings is 2. The van der Waals surface area contributed by atoms with E-state index in [2.05, 4.69) is 15.5 Å². The van der Waals surface area contributed by atoms with E-state index in [0.29, 0.717) is 33.6 Å². The third-order valence-corrected chi connectivity index (χ3v) is 7.15. The van der Waals surface area contributed by atoms with Gasteiger partial charge in [-0.05, 0) is 37.4 Å². The van der Waals surface area contributed by atoms with Crippen molar-refractivity contribution in [2.24, 2.45) is 0 Å². The molecule has 0 aliphatic heterocycles. The maximum Gasteiger partial charge on any atom is 0.341 e. The minimum atomic E-state index is -0.505. The van der Waals surface area contributed by atoms with Crippen molar-refractivity contribution in [2.75, 3.05) is 17.7 Å². The summed E-state index contributed by atoms with van der Waals surface area (Å²) in [6, 6.07) is 7.46. The van der Waals surface area contributed by atoms with Crippen LogP contribution in [0.15, 0.2) is 50.9 Å². The summed E-state index contributed by atoms with van der Waals surface area (Å²) in [5.74, 6) is 0.692. The summed E-state index contributed by atoms with van der Waals surface area (Å²) in [5, 5.41) is 16.2. The molecule has 0 aromatic carbocycles. The summed E-state index contributed by atoms with van der Waals surface area (Å²) in [6.07, 6.45) is 1.53. The fraction of sp³-hybridized carbons (Fsp3) is 0.238. The Morgan fingerprint density at radius 3 is 2.78 bits per heavy atom. The number of amides is 1. The van der Waals surface area contributed by atoms with Gasteiger partial charge in [-0.2, -0.15) is 0 Å². The Hall–Kier alpha value is -2.89. The van der Waals surface area contributed by atoms with E-state index in [1.807, 2.05) is 29.0 Å². The number of carbonyl (C=O) groups excluding carboxylic acids is 2. The summed E-state index contributed by atoms with van der Waals surface area (Å²) >= 11 is 4.15. The van der Waals surface area contributed by atoms with Crippen LogP contribution in [0.1, 0.15) is 24.2 Å². The first-order chi connectivity index (χ1) is 15.6. The van der Waals surface area contributed by atoms with E-state index in [1.54, 1.807) is 35.8 Å². The van der Waals surface area contributed by atoms with Gasteiger partial charge in [0.2, 0.25) is 5.91 Å². The third kappa shape index (κ3) is 4.64. The molecule has 0 bridgehead atoms. The van der Waals surface area contributed by atoms with Crippen molar-refractivity contribution in [2.45, 2.75) is 25.5 Å². The Balaban J connectivity index is 1.49. The zero-order valence-corrected chi connectivity index (χ0v) is 19.8. The number of aromatic nitrogens is 3. The first-order valence-electron chi connectivity index (χ1n) is 9.84. The van der Waals surface area contributed by atoms with Gasteiger partial charge >= 0.3 is 5.97 Å². The largest absolute Gasteiger partial charge is 0.464 e. The molecule has 0 fully saturated rings. The lowest BCUT2D eigenvalue weighted by molar-refractivity contribution is -0.113. The van der Waals surface area contributed by atoms with E-state index in [4.69, 9.17) is 9.15 Å². The lowest BCUT2D eigenvalue weighted by Crippen LogP contribution is -2.16. The monoisotopic (exact) mass is 488 g/mol. The van der Waals surface area contributed by atoms with Gasteiger partial charge in [0.25, 0.3) is 0 Å². The van der Waals surface area contributed by atoms with Crippen LogP contribution in [0, 0.1) is 0 Å². The van der Waals surface area contributed by atoms with Crippen LogP contribution in [0.5, 0.6) is 0 Å². The number of esters is 1. The van der Waals surface area contributed by atoms with Gasteiger partial charge in [-0.15, -0.1) is 32.9 Å². The highest BCUT2D eigenvalue weighted by molar-refractivity contribution is 7.99. The van der Waals surface area contributed by atoms with Crippen LogP contribution in [0.4, 0.5) is 5.00 Å². The molecule has 0 saturated carbocycles. The SMILES string of the molecule is CCOC(=O)c1c(-c2ccco2)csc1NC(=O)CSc1nnc(-c2cccs2)n1CC. The Kier molecular flexibility index (Phi) is 7.08. The van der Waals surface area contributed by atoms with Crippen LogP contribution in [0.3, 0.4) is 0 Å². The molecule has 0 aliphatic rings. The fourth-order valence-electron chi connectivity index (χ4n) is 3.03. The lowest BCUT2D eigenvalue weighted by atomic mass is 10.1. The Morgan fingerprint density at radius 1 is 1.22 bits per heavy atom. The summed E-state index contributed by atoms with van der Waals surface area (Å²) in [7, 11) is 0. The van der Waals surface area contributed by atoms with Gasteiger partial charge in [-0.1, -0.05) is 17.8 Å². The smallest absolute Gasteiger partial charge is 0.341 e. The molecule has 0 radical (unpaired) electrons. The molecule has 0 spiro atoms. The van der Waals surface area contributed by atoms with Crippen LogP contribution in [0.2, 0.25) is 0 Å². The van der Waals surface area contributed by atoms with Crippen molar-refractivity contribution in [1.82, 2.24) is 14.8 Å². The summed E-state index contributed by atoms with van der Waals surface area (Å²) in [6.45, 7) is 4.67. The molecule has 11 heteroatoms. The second kappa shape index (κ2) is 10.2. The van der Waals surface area contributed by atoms with Gasteiger partial charge in [-0.3, -0.25) is 4.79 Å². The van der Waals surface area contributed by atoms with E-state index in [1.165, 1.54) is 29.4 Å². The quantitative estimate of drug-likeness (QED) is 0.253. The molecule has 0 saturated heterocycles. The molecule has 166 valence electrons. The highest BCUT2D eigenvalue weighted by atomic mass is 32.2. The number of rotatable bonds is 9. The molecule has 4 aromatic rings. The molecule has 4 aromatic heterocycles. The van der Waals surface area contributed by atoms with Crippen LogP contribution in [-0.2, 0) is 16.1 Å². The van der Waals surface area contributed by atoms with Crippen molar-refractivity contribution < 1.29 is 18.7 Å². The zero-order chi connectivity index (χ0) is 22.5. The number of furan rings is 1. The summed E-state index contributed by atoms with van der Waals surface area (Å²) in [4.78, 5) is 26.3. The van der Waals surface area contributed by atoms with E-state index < -0.39 is 5.97 Å². The predicted octanol–water partition coefficient (Wildman–Crippen LogP) is 5.26. The fourth-order valence-corrected chi connectivity index (χ4v) is 5.50. The molecule has 4 rings (SSSR count). The molecule has 0 aliphatic carbocycles. The molecule has 32 heavy (non-hydrogen) atoms. The average Bonchev–Trinajstić information content (AvgIpc) is 3.58. The summed E-state index contributed by atoms with van der Waals surface area (Å²) in [5.41, 5.74) is 0.884. The second-order valence-electron chi connectivity index (χ2n) is 6.42. The van der Waals surface area contributed by atoms with Crippen LogP contribution in [0.25, 0.3) is 22.0 Å². The molecule has 0 atom stereocenters. The number of hydrogen-bond donors (Lipinski definition) is 1. The molecular weight excluding hydrogens is 468 g/mol. The van der Waals surface area contributed by atoms with Crippen LogP contribution >= 0.6 is 34.4 Å². The van der Waals surface area contributed by atoms with Crippen LogP contribution in [-0.4, -0.2) is 39.0 Å². The molecular formula is C21H20N4O4S3. The van der Waals surface area contributed by atoms with E-state index >= 15 is 0 Å². The standard InChI is InChI=1S/C21H20N4O4S3/c1-3-25-18(15-8-6-10-30-15)23-24-21(25)32-12-16(26)22-19-17(20(27)28-4-2)13(11-31-19)14-7-5-9-29-14/h5-11H,3-4,12H2,1-2H3,(H,22,26). The van der Waals surface area contributed by atoms with Gasteiger partial charge in [-0.25, -0.2) is 4.79 Å². The van der Waals surface area contributed by atoms with Gasteiger partial charge < -0.3 is 19.0 Å². The molecule has 8 nitrogen and oxygen atoms in total. The maximum atomic E-state index is 12.7. The minimum absolute atomic E-state index is 0.124. The van der Waals surface area contributed by atoms with Crippen molar-refractivity contribution >= 4 is 51.3 Å². The molecule has 0 unspecified atom stereocenters. The summed E-state index contributed by atoms with van der Waals surface area (Å²) < 4.78 is 12.6. The van der Waals surface area contributed by atoms with Gasteiger partial charge in [0, 0.05) is 17.5 Å². The Bertz CT molecular complexity index is 1200. The molecule has 4 heterocycles. The Morgan fingerprint density at radius 2 is 2.09 bits per heavy atom. The number of nitrogens with zero attached hydrogens (tertiary/aromatic N) is 3. The number of anilines is 1. The van der Waals surface area contributed by atoms with E-state index in [0.717, 1.165) is 10.7 Å². The molecule has 1 N–H and O–H groups in total. The van der Waals surface area contributed by atoms with Gasteiger partial charge in [0.05, 0.1) is 23.5 Å². The normalized spacial score (nSPS) is 10.9. The van der Waals surface area contributed by atoms with Gasteiger partial charge in [0.1, 0.15) is 16.3 Å². The highest BCUT2D eigenvalue weighted by Gasteiger charge is 2.24. The average molecular weight is 489 g/mol. The van der Waals surface area contributed by atoms with Crippen molar-refractivity contribution in [3.05, 3.63) is 46.9 Å². The van der Waals surface area contributed by atoms with Crippen LogP contribution < -0.4 is 5.32 Å². The van der Waals surface area contributed by atoms with Crippen molar-refractivity contribution in [3.8, 4) is 22.0 Å². The third-order valence-electron chi connectivity index (χ3n) is 4.42. The number of ether oxygens (including phenoxy) is 1. The number of carbonyl (C=O) groups is 2. The van der Waals surface area contributed by atoms with Crippen molar-refractivity contribution in [1.29, 1.82) is 0 Å². The topological polar surface area (TPSA) is 99.2 Å². The number of hydrogen-bond acceptors (Lipinski definition) is 9. The number of thioether (sulfide) groups is 1. The second-order valence-corrected chi connectivity index (χ2v) is 9.19. The van der Waals surface area contributed by atoms with Crippen molar-refractivity contribution in [3.63, 3.8) is 0 Å². The molecule has 1 amide bonds. The number of nitrogens with one attached hydrogen (secondary N) is 1. The lowest BCUT2D eigenvalue weighted by Gasteiger charge is -2.08. The van der Waals surface area contributed by atoms with E-state index in [-0.39, 0.29) is 18.3 Å². The first-order valence-corrected chi connectivity index (χ1v) is 12.6. The predicted molar refractivity (Wildman–Crippen MR) is 126 cm³/mol. The highest BCUT2D eigenvalue weighted by Crippen LogP contribution is 2.36. The Labute approximate surface area is 196 Å². The zero-order valence-electron chi connectivity index (χ0n) is 17.4. The maximum absolute atomic E-state index is 12.7. The van der Waals surface area contributed by atoms with E-state index in [9.17, 15) is 9.59 Å².